The Labute approximate surface area is 228 Å². The fourth-order valence-corrected chi connectivity index (χ4v) is 4.26. The maximum atomic E-state index is 10.1. The van der Waals surface area contributed by atoms with Crippen LogP contribution in [0.25, 0.3) is 22.6 Å². The van der Waals surface area contributed by atoms with Crippen molar-refractivity contribution in [3.8, 4) is 46.3 Å². The van der Waals surface area contributed by atoms with E-state index in [0.29, 0.717) is 52.4 Å². The molecule has 4 aromatic rings. The van der Waals surface area contributed by atoms with Gasteiger partial charge in [0.2, 0.25) is 11.8 Å². The molecule has 1 fully saturated rings. The van der Waals surface area contributed by atoms with E-state index in [9.17, 15) is 15.6 Å². The Morgan fingerprint density at radius 2 is 1.67 bits per heavy atom. The first-order valence-corrected chi connectivity index (χ1v) is 12.4. The summed E-state index contributed by atoms with van der Waals surface area (Å²) in [6.45, 7) is 0.576. The zero-order valence-electron chi connectivity index (χ0n) is 20.5. The summed E-state index contributed by atoms with van der Waals surface area (Å²) in [5.41, 5.74) is 2.44. The maximum absolute atomic E-state index is 10.1. The number of aliphatic hydroxyl groups is 2. The van der Waals surface area contributed by atoms with Crippen molar-refractivity contribution in [3.63, 3.8) is 0 Å². The molecule has 0 aliphatic carbocycles. The number of anilines is 1. The van der Waals surface area contributed by atoms with Crippen LogP contribution in [0.3, 0.4) is 0 Å². The van der Waals surface area contributed by atoms with Crippen molar-refractivity contribution in [2.45, 2.75) is 12.7 Å². The minimum atomic E-state index is -0.536. The summed E-state index contributed by atoms with van der Waals surface area (Å²) in [6, 6.07) is 18.2. The minimum Gasteiger partial charge on any atom is -0.491 e. The number of aromatic nitrogens is 2. The zero-order chi connectivity index (χ0) is 27.4. The van der Waals surface area contributed by atoms with Crippen LogP contribution in [0.4, 0.5) is 5.82 Å². The van der Waals surface area contributed by atoms with Crippen molar-refractivity contribution >= 4 is 17.4 Å². The molecule has 0 unspecified atom stereocenters. The van der Waals surface area contributed by atoms with Crippen LogP contribution < -0.4 is 14.4 Å². The molecule has 2 N–H and O–H groups in total. The predicted octanol–water partition coefficient (Wildman–Crippen LogP) is 3.93. The van der Waals surface area contributed by atoms with E-state index in [-0.39, 0.29) is 36.8 Å². The molecule has 3 heterocycles. The lowest BCUT2D eigenvalue weighted by Crippen LogP contribution is -2.51. The third kappa shape index (κ3) is 5.49. The third-order valence-electron chi connectivity index (χ3n) is 6.03. The number of oxazole rings is 1. The van der Waals surface area contributed by atoms with Gasteiger partial charge in [-0.25, -0.2) is 4.98 Å². The van der Waals surface area contributed by atoms with Gasteiger partial charge in [0.05, 0.1) is 12.7 Å². The van der Waals surface area contributed by atoms with Crippen LogP contribution in [0.1, 0.15) is 16.8 Å². The predicted molar refractivity (Wildman–Crippen MR) is 141 cm³/mol. The lowest BCUT2D eigenvalue weighted by atomic mass is 9.95. The maximum Gasteiger partial charge on any atom is 0.234 e. The van der Waals surface area contributed by atoms with Gasteiger partial charge in [0.1, 0.15) is 54.2 Å². The second-order valence-corrected chi connectivity index (χ2v) is 9.12. The Hall–Kier alpha value is -4.61. The van der Waals surface area contributed by atoms with Crippen molar-refractivity contribution in [3.05, 3.63) is 76.6 Å². The van der Waals surface area contributed by atoms with Crippen molar-refractivity contribution < 1.29 is 24.1 Å². The number of β-amino-alcohol motifs (C(OH)–C–C–N with tert-alkyl or cyclic N) is 1. The van der Waals surface area contributed by atoms with E-state index in [4.69, 9.17) is 30.6 Å². The molecule has 11 heteroatoms. The molecule has 196 valence electrons. The zero-order valence-corrected chi connectivity index (χ0v) is 21.3. The van der Waals surface area contributed by atoms with Gasteiger partial charge >= 0.3 is 0 Å². The Morgan fingerprint density at radius 1 is 0.974 bits per heavy atom. The van der Waals surface area contributed by atoms with Crippen LogP contribution >= 0.6 is 11.6 Å². The van der Waals surface area contributed by atoms with Crippen molar-refractivity contribution in [1.29, 1.82) is 10.5 Å². The number of ether oxygens (including phenoxy) is 2. The van der Waals surface area contributed by atoms with Gasteiger partial charge in [-0.15, -0.1) is 0 Å². The molecular formula is C28H22ClN5O5. The SMILES string of the molecule is N#Cc1c(OCc2coc(-c3ccc(Cl)cc3)n2)nc(N2CC(O)C2)c(C#N)c1-c1ccc(OCCO)cc1. The Balaban J connectivity index is 1.50. The number of aliphatic hydroxyl groups excluding tert-OH is 2. The van der Waals surface area contributed by atoms with Gasteiger partial charge in [0.25, 0.3) is 0 Å². The van der Waals surface area contributed by atoms with Crippen LogP contribution in [0.2, 0.25) is 5.02 Å². The summed E-state index contributed by atoms with van der Waals surface area (Å²) < 4.78 is 17.0. The highest BCUT2D eigenvalue weighted by molar-refractivity contribution is 6.30. The molecule has 0 atom stereocenters. The topological polar surface area (TPSA) is 149 Å². The number of benzene rings is 2. The highest BCUT2D eigenvalue weighted by Crippen LogP contribution is 2.39. The first kappa shape index (κ1) is 26.0. The van der Waals surface area contributed by atoms with E-state index in [1.807, 2.05) is 0 Å². The van der Waals surface area contributed by atoms with E-state index in [1.165, 1.54) is 6.26 Å². The number of rotatable bonds is 9. The Morgan fingerprint density at radius 3 is 2.31 bits per heavy atom. The molecular weight excluding hydrogens is 522 g/mol. The standard InChI is InChI=1S/C28H22ClN5O5/c29-19-5-1-18(2-6-19)27-32-20(15-38-27)16-39-28-24(12-31)25(17-3-7-22(8-4-17)37-10-9-35)23(11-30)26(33-28)34-13-21(36)14-34/h1-8,15,21,35-36H,9-10,13-14,16H2. The molecule has 39 heavy (non-hydrogen) atoms. The molecule has 1 aliphatic rings. The Kier molecular flexibility index (Phi) is 7.62. The average molecular weight is 544 g/mol. The number of nitriles is 2. The molecule has 0 spiro atoms. The third-order valence-corrected chi connectivity index (χ3v) is 6.29. The number of hydrogen-bond donors (Lipinski definition) is 2. The lowest BCUT2D eigenvalue weighted by molar-refractivity contribution is 0.141. The van der Waals surface area contributed by atoms with E-state index in [2.05, 4.69) is 22.1 Å². The normalized spacial score (nSPS) is 12.9. The van der Waals surface area contributed by atoms with E-state index >= 15 is 0 Å². The quantitative estimate of drug-likeness (QED) is 0.318. The summed E-state index contributed by atoms with van der Waals surface area (Å²) in [6.07, 6.45) is 0.921. The van der Waals surface area contributed by atoms with Crippen LogP contribution in [-0.2, 0) is 6.61 Å². The highest BCUT2D eigenvalue weighted by Gasteiger charge is 2.32. The fourth-order valence-electron chi connectivity index (χ4n) is 4.13. The van der Waals surface area contributed by atoms with Crippen LogP contribution in [0.15, 0.2) is 59.2 Å². The molecule has 0 radical (unpaired) electrons. The van der Waals surface area contributed by atoms with Gasteiger partial charge < -0.3 is 29.0 Å². The second-order valence-electron chi connectivity index (χ2n) is 8.68. The van der Waals surface area contributed by atoms with E-state index < -0.39 is 6.10 Å². The first-order valence-electron chi connectivity index (χ1n) is 12.0. The molecule has 1 aliphatic heterocycles. The largest absolute Gasteiger partial charge is 0.491 e. The molecule has 0 bridgehead atoms. The molecule has 2 aromatic carbocycles. The van der Waals surface area contributed by atoms with Gasteiger partial charge in [-0.3, -0.25) is 0 Å². The van der Waals surface area contributed by atoms with Gasteiger partial charge in [-0.2, -0.15) is 15.5 Å². The molecule has 0 saturated carbocycles. The number of halogens is 1. The minimum absolute atomic E-state index is 0.0274. The van der Waals surface area contributed by atoms with Gasteiger partial charge in [0.15, 0.2) is 5.82 Å². The summed E-state index contributed by atoms with van der Waals surface area (Å²) in [5.74, 6) is 1.26. The van der Waals surface area contributed by atoms with Crippen molar-refractivity contribution in [2.24, 2.45) is 0 Å². The molecule has 0 amide bonds. The number of hydrogen-bond acceptors (Lipinski definition) is 10. The molecule has 5 rings (SSSR count). The number of pyridine rings is 1. The van der Waals surface area contributed by atoms with Gasteiger partial charge in [0, 0.05) is 29.2 Å². The molecule has 2 aromatic heterocycles. The summed E-state index contributed by atoms with van der Waals surface area (Å²) in [4.78, 5) is 10.7. The smallest absolute Gasteiger partial charge is 0.234 e. The van der Waals surface area contributed by atoms with Gasteiger partial charge in [-0.1, -0.05) is 23.7 Å². The summed E-state index contributed by atoms with van der Waals surface area (Å²) >= 11 is 5.96. The fraction of sp³-hybridized carbons (Fsp3) is 0.214. The highest BCUT2D eigenvalue weighted by atomic mass is 35.5. The first-order chi connectivity index (χ1) is 19.0. The van der Waals surface area contributed by atoms with E-state index in [0.717, 1.165) is 5.56 Å². The lowest BCUT2D eigenvalue weighted by Gasteiger charge is -2.37. The van der Waals surface area contributed by atoms with Crippen molar-refractivity contribution in [1.82, 2.24) is 9.97 Å². The van der Waals surface area contributed by atoms with Gasteiger partial charge in [-0.05, 0) is 42.0 Å². The molecule has 1 saturated heterocycles. The van der Waals surface area contributed by atoms with E-state index in [1.54, 1.807) is 53.4 Å². The van der Waals surface area contributed by atoms with Crippen molar-refractivity contribution in [2.75, 3.05) is 31.2 Å². The monoisotopic (exact) mass is 543 g/mol. The second kappa shape index (κ2) is 11.4. The van der Waals surface area contributed by atoms with Crippen LogP contribution in [-0.4, -0.2) is 52.6 Å². The average Bonchev–Trinajstić information content (AvgIpc) is 3.42. The van der Waals surface area contributed by atoms with Crippen LogP contribution in [0, 0.1) is 22.7 Å². The summed E-state index contributed by atoms with van der Waals surface area (Å²) in [5, 5.41) is 39.7. The van der Waals surface area contributed by atoms with Crippen LogP contribution in [0.5, 0.6) is 11.6 Å². The number of nitrogens with zero attached hydrogens (tertiary/aromatic N) is 5. The molecule has 10 nitrogen and oxygen atoms in total. The summed E-state index contributed by atoms with van der Waals surface area (Å²) in [7, 11) is 0. The Bertz CT molecular complexity index is 1550.